The van der Waals surface area contributed by atoms with Gasteiger partial charge in [-0.2, -0.15) is 0 Å². The highest BCUT2D eigenvalue weighted by Gasteiger charge is 2.18. The van der Waals surface area contributed by atoms with Gasteiger partial charge in [0.1, 0.15) is 5.75 Å². The summed E-state index contributed by atoms with van der Waals surface area (Å²) < 4.78 is 6.55. The maximum absolute atomic E-state index is 13.1. The predicted octanol–water partition coefficient (Wildman–Crippen LogP) is 7.50. The van der Waals surface area contributed by atoms with Crippen LogP contribution in [-0.2, 0) is 0 Å². The van der Waals surface area contributed by atoms with Crippen LogP contribution < -0.4 is 4.74 Å². The van der Waals surface area contributed by atoms with Crippen LogP contribution in [0.3, 0.4) is 0 Å². The van der Waals surface area contributed by atoms with Crippen LogP contribution in [0.2, 0.25) is 10.0 Å². The van der Waals surface area contributed by atoms with Gasteiger partial charge in [-0.15, -0.1) is 0 Å². The molecule has 1 heterocycles. The van der Waals surface area contributed by atoms with Crippen molar-refractivity contribution in [1.82, 2.24) is 4.98 Å². The molecule has 0 spiro atoms. The summed E-state index contributed by atoms with van der Waals surface area (Å²) in [7, 11) is 0. The van der Waals surface area contributed by atoms with Gasteiger partial charge in [0.25, 0.3) is 0 Å². The molecule has 144 valence electrons. The van der Waals surface area contributed by atoms with Gasteiger partial charge in [-0.25, -0.2) is 9.78 Å². The molecule has 1 aromatic heterocycles. The Morgan fingerprint density at radius 3 is 2.45 bits per heavy atom. The van der Waals surface area contributed by atoms with Crippen molar-refractivity contribution >= 4 is 56.0 Å². The van der Waals surface area contributed by atoms with Crippen molar-refractivity contribution in [2.45, 2.75) is 6.92 Å². The second-order valence-corrected chi connectivity index (χ2v) is 8.31. The van der Waals surface area contributed by atoms with Gasteiger partial charge in [0.15, 0.2) is 0 Å². The third-order valence-electron chi connectivity index (χ3n) is 4.42. The summed E-state index contributed by atoms with van der Waals surface area (Å²) in [4.78, 5) is 17.8. The Bertz CT molecular complexity index is 1240. The molecule has 3 nitrogen and oxygen atoms in total. The zero-order chi connectivity index (χ0) is 20.5. The van der Waals surface area contributed by atoms with Crippen LogP contribution in [0.15, 0.2) is 71.2 Å². The number of benzene rings is 3. The number of carbonyl (C=O) groups is 1. The number of rotatable bonds is 3. The number of hydrogen-bond acceptors (Lipinski definition) is 3. The van der Waals surface area contributed by atoms with Gasteiger partial charge in [0.05, 0.1) is 21.8 Å². The van der Waals surface area contributed by atoms with E-state index in [1.54, 1.807) is 18.2 Å². The molecule has 0 aliphatic rings. The number of nitrogens with zero attached hydrogens (tertiary/aromatic N) is 1. The third-order valence-corrected chi connectivity index (χ3v) is 5.48. The number of pyridine rings is 1. The molecule has 0 aliphatic carbocycles. The molecular formula is C23H14BrCl2NO2. The van der Waals surface area contributed by atoms with Crippen molar-refractivity contribution in [3.63, 3.8) is 0 Å². The minimum atomic E-state index is -0.509. The van der Waals surface area contributed by atoms with Gasteiger partial charge in [-0.3, -0.25) is 0 Å². The van der Waals surface area contributed by atoms with E-state index in [-0.39, 0.29) is 10.8 Å². The van der Waals surface area contributed by atoms with E-state index in [0.717, 1.165) is 21.0 Å². The predicted molar refractivity (Wildman–Crippen MR) is 121 cm³/mol. The maximum Gasteiger partial charge on any atom is 0.344 e. The lowest BCUT2D eigenvalue weighted by Crippen LogP contribution is -2.10. The fraction of sp³-hybridized carbons (Fsp3) is 0.0435. The van der Waals surface area contributed by atoms with Crippen LogP contribution in [0.5, 0.6) is 5.75 Å². The molecule has 0 unspecified atom stereocenters. The highest BCUT2D eigenvalue weighted by Crippen LogP contribution is 2.31. The Morgan fingerprint density at radius 1 is 0.966 bits per heavy atom. The zero-order valence-corrected chi connectivity index (χ0v) is 18.3. The van der Waals surface area contributed by atoms with E-state index in [9.17, 15) is 4.79 Å². The van der Waals surface area contributed by atoms with E-state index >= 15 is 0 Å². The highest BCUT2D eigenvalue weighted by atomic mass is 79.9. The van der Waals surface area contributed by atoms with Gasteiger partial charge >= 0.3 is 5.97 Å². The van der Waals surface area contributed by atoms with E-state index in [2.05, 4.69) is 15.9 Å². The number of halogens is 3. The maximum atomic E-state index is 13.1. The second kappa shape index (κ2) is 8.15. The monoisotopic (exact) mass is 485 g/mol. The van der Waals surface area contributed by atoms with Crippen molar-refractivity contribution in [3.05, 3.63) is 92.4 Å². The summed E-state index contributed by atoms with van der Waals surface area (Å²) in [6, 6.07) is 20.0. The normalized spacial score (nSPS) is 10.9. The summed E-state index contributed by atoms with van der Waals surface area (Å²) in [5.41, 5.74) is 3.74. The summed E-state index contributed by atoms with van der Waals surface area (Å²) in [6.07, 6.45) is 0. The number of hydrogen-bond donors (Lipinski definition) is 0. The Hall–Kier alpha value is -2.40. The molecule has 4 aromatic rings. The molecule has 0 aliphatic heterocycles. The Balaban J connectivity index is 1.83. The van der Waals surface area contributed by atoms with Gasteiger partial charge < -0.3 is 4.74 Å². The molecule has 0 saturated heterocycles. The Morgan fingerprint density at radius 2 is 1.72 bits per heavy atom. The van der Waals surface area contributed by atoms with Crippen LogP contribution >= 0.6 is 39.1 Å². The van der Waals surface area contributed by atoms with Crippen LogP contribution in [0.4, 0.5) is 0 Å². The summed E-state index contributed by atoms with van der Waals surface area (Å²) in [5.74, 6) is -0.255. The van der Waals surface area contributed by atoms with Crippen LogP contribution in [0.1, 0.15) is 15.9 Å². The number of aromatic nitrogens is 1. The molecule has 0 radical (unpaired) electrons. The molecular weight excluding hydrogens is 473 g/mol. The van der Waals surface area contributed by atoms with E-state index in [4.69, 9.17) is 32.9 Å². The first-order valence-electron chi connectivity index (χ1n) is 8.75. The van der Waals surface area contributed by atoms with Crippen molar-refractivity contribution in [2.75, 3.05) is 0 Å². The standard InChI is InChI=1S/C23H14BrCl2NO2/c1-13-2-8-20-17(10-13)18(12-21(27-20)14-3-5-15(24)6-4-14)23(28)29-22-9-7-16(25)11-19(22)26/h2-12H,1H3. The third kappa shape index (κ3) is 4.30. The smallest absolute Gasteiger partial charge is 0.344 e. The van der Waals surface area contributed by atoms with Gasteiger partial charge in [-0.1, -0.05) is 62.9 Å². The lowest BCUT2D eigenvalue weighted by Gasteiger charge is -2.11. The molecule has 3 aromatic carbocycles. The van der Waals surface area contributed by atoms with Crippen molar-refractivity contribution in [3.8, 4) is 17.0 Å². The summed E-state index contributed by atoms with van der Waals surface area (Å²) >= 11 is 15.5. The molecule has 0 N–H and O–H groups in total. The van der Waals surface area contributed by atoms with Crippen LogP contribution in [-0.4, -0.2) is 11.0 Å². The number of ether oxygens (including phenoxy) is 1. The fourth-order valence-electron chi connectivity index (χ4n) is 2.99. The fourth-order valence-corrected chi connectivity index (χ4v) is 3.70. The second-order valence-electron chi connectivity index (χ2n) is 6.55. The van der Waals surface area contributed by atoms with Crippen molar-refractivity contribution < 1.29 is 9.53 Å². The number of aryl methyl sites for hydroxylation is 1. The molecule has 0 fully saturated rings. The average molecular weight is 487 g/mol. The van der Waals surface area contributed by atoms with E-state index < -0.39 is 5.97 Å². The quantitative estimate of drug-likeness (QED) is 0.222. The topological polar surface area (TPSA) is 39.2 Å². The molecule has 6 heteroatoms. The number of esters is 1. The Kier molecular flexibility index (Phi) is 5.59. The van der Waals surface area contributed by atoms with Gasteiger partial charge in [-0.05, 0) is 55.5 Å². The van der Waals surface area contributed by atoms with Gasteiger partial charge in [0, 0.05) is 20.4 Å². The van der Waals surface area contributed by atoms with Crippen LogP contribution in [0, 0.1) is 6.92 Å². The average Bonchev–Trinajstić information content (AvgIpc) is 2.70. The van der Waals surface area contributed by atoms with E-state index in [1.807, 2.05) is 49.4 Å². The molecule has 0 amide bonds. The molecule has 0 bridgehead atoms. The summed E-state index contributed by atoms with van der Waals surface area (Å²) in [6.45, 7) is 1.97. The minimum absolute atomic E-state index is 0.254. The molecule has 0 atom stereocenters. The minimum Gasteiger partial charge on any atom is -0.421 e. The lowest BCUT2D eigenvalue weighted by atomic mass is 10.0. The first kappa shape index (κ1) is 19.9. The van der Waals surface area contributed by atoms with Crippen molar-refractivity contribution in [1.29, 1.82) is 0 Å². The molecule has 4 rings (SSSR count). The van der Waals surface area contributed by atoms with Crippen LogP contribution in [0.25, 0.3) is 22.2 Å². The zero-order valence-electron chi connectivity index (χ0n) is 15.2. The lowest BCUT2D eigenvalue weighted by molar-refractivity contribution is 0.0737. The molecule has 29 heavy (non-hydrogen) atoms. The highest BCUT2D eigenvalue weighted by molar-refractivity contribution is 9.10. The Labute approximate surface area is 186 Å². The number of carbonyl (C=O) groups excluding carboxylic acids is 1. The van der Waals surface area contributed by atoms with Crippen molar-refractivity contribution in [2.24, 2.45) is 0 Å². The largest absolute Gasteiger partial charge is 0.421 e. The van der Waals surface area contributed by atoms with E-state index in [0.29, 0.717) is 21.8 Å². The van der Waals surface area contributed by atoms with E-state index in [1.165, 1.54) is 6.07 Å². The molecule has 0 saturated carbocycles. The first-order chi connectivity index (χ1) is 13.9. The SMILES string of the molecule is Cc1ccc2nc(-c3ccc(Br)cc3)cc(C(=O)Oc3ccc(Cl)cc3Cl)c2c1. The summed E-state index contributed by atoms with van der Waals surface area (Å²) in [5, 5.41) is 1.46. The number of fused-ring (bicyclic) bond motifs is 1. The first-order valence-corrected chi connectivity index (χ1v) is 10.3. The van der Waals surface area contributed by atoms with Gasteiger partial charge in [0.2, 0.25) is 0 Å².